The highest BCUT2D eigenvalue weighted by molar-refractivity contribution is 9.08. The number of hydrogen-bond donors (Lipinski definition) is 0. The number of imide groups is 1. The molecule has 0 atom stereocenters. The van der Waals surface area contributed by atoms with Crippen LogP contribution in [0.2, 0.25) is 0 Å². The molecule has 0 bridgehead atoms. The molecule has 0 radical (unpaired) electrons. The Kier molecular flexibility index (Phi) is 3.98. The smallest absolute Gasteiger partial charge is 0.261 e. The fourth-order valence-corrected chi connectivity index (χ4v) is 3.17. The predicted molar refractivity (Wildman–Crippen MR) is 86.3 cm³/mol. The maximum atomic E-state index is 12.5. The van der Waals surface area contributed by atoms with Crippen molar-refractivity contribution in [3.63, 3.8) is 0 Å². The van der Waals surface area contributed by atoms with E-state index in [-0.39, 0.29) is 18.4 Å². The van der Waals surface area contributed by atoms with Crippen LogP contribution >= 0.6 is 15.9 Å². The van der Waals surface area contributed by atoms with Crippen molar-refractivity contribution >= 4 is 27.7 Å². The number of halogens is 1. The summed E-state index contributed by atoms with van der Waals surface area (Å²) in [5.74, 6) is 0.160. The summed E-state index contributed by atoms with van der Waals surface area (Å²) in [7, 11) is 1.58. The molecule has 1 aliphatic rings. The quantitative estimate of drug-likeness (QED) is 0.620. The highest BCUT2D eigenvalue weighted by atomic mass is 79.9. The van der Waals surface area contributed by atoms with Crippen LogP contribution in [0.1, 0.15) is 31.8 Å². The van der Waals surface area contributed by atoms with Crippen LogP contribution in [-0.4, -0.2) is 23.8 Å². The van der Waals surface area contributed by atoms with Crippen LogP contribution in [0.15, 0.2) is 42.5 Å². The van der Waals surface area contributed by atoms with Crippen molar-refractivity contribution in [2.45, 2.75) is 11.9 Å². The Morgan fingerprint density at radius 2 is 1.64 bits per heavy atom. The topological polar surface area (TPSA) is 46.6 Å². The maximum absolute atomic E-state index is 12.5. The summed E-state index contributed by atoms with van der Waals surface area (Å²) in [6.07, 6.45) is 0. The van der Waals surface area contributed by atoms with Gasteiger partial charge in [0.15, 0.2) is 0 Å². The van der Waals surface area contributed by atoms with Gasteiger partial charge in [-0.1, -0.05) is 40.2 Å². The number of ether oxygens (including phenoxy) is 1. The van der Waals surface area contributed by atoms with Crippen molar-refractivity contribution in [1.29, 1.82) is 0 Å². The van der Waals surface area contributed by atoms with Crippen molar-refractivity contribution in [2.75, 3.05) is 7.11 Å². The van der Waals surface area contributed by atoms with Crippen LogP contribution in [0.25, 0.3) is 0 Å². The number of methoxy groups -OCH3 is 1. The first kappa shape index (κ1) is 14.8. The fourth-order valence-electron chi connectivity index (χ4n) is 2.65. The Labute approximate surface area is 136 Å². The predicted octanol–water partition coefficient (Wildman–Crippen LogP) is 3.39. The molecular weight excluding hydrogens is 346 g/mol. The SMILES string of the molecule is COc1cccc(CBr)c1CN1C(=O)c2ccccc2C1=O. The molecule has 0 unspecified atom stereocenters. The number of fused-ring (bicyclic) bond motifs is 1. The van der Waals surface area contributed by atoms with Crippen LogP contribution in [0.4, 0.5) is 0 Å². The standard InChI is InChI=1S/C17H14BrNO3/c1-22-15-8-4-5-11(9-18)14(15)10-19-16(20)12-6-2-3-7-13(12)17(19)21/h2-8H,9-10H2,1H3. The van der Waals surface area contributed by atoms with E-state index in [1.807, 2.05) is 18.2 Å². The second-order valence-electron chi connectivity index (χ2n) is 4.97. The molecule has 3 rings (SSSR count). The van der Waals surface area contributed by atoms with Gasteiger partial charge in [-0.3, -0.25) is 14.5 Å². The molecule has 0 N–H and O–H groups in total. The highest BCUT2D eigenvalue weighted by Crippen LogP contribution is 2.30. The first-order chi connectivity index (χ1) is 10.7. The Morgan fingerprint density at radius 3 is 2.18 bits per heavy atom. The fraction of sp³-hybridized carbons (Fsp3) is 0.176. The zero-order valence-electron chi connectivity index (χ0n) is 12.0. The Morgan fingerprint density at radius 1 is 1.00 bits per heavy atom. The molecule has 5 heteroatoms. The summed E-state index contributed by atoms with van der Waals surface area (Å²) in [6, 6.07) is 12.6. The van der Waals surface area contributed by atoms with E-state index in [1.165, 1.54) is 4.90 Å². The van der Waals surface area contributed by atoms with Crippen LogP contribution in [-0.2, 0) is 11.9 Å². The second-order valence-corrected chi connectivity index (χ2v) is 5.53. The molecular formula is C17H14BrNO3. The zero-order chi connectivity index (χ0) is 15.7. The van der Waals surface area contributed by atoms with Gasteiger partial charge in [0, 0.05) is 10.9 Å². The van der Waals surface area contributed by atoms with Gasteiger partial charge in [0.2, 0.25) is 0 Å². The molecule has 0 saturated carbocycles. The van der Waals surface area contributed by atoms with Gasteiger partial charge in [-0.15, -0.1) is 0 Å². The van der Waals surface area contributed by atoms with E-state index < -0.39 is 0 Å². The van der Waals surface area contributed by atoms with E-state index in [9.17, 15) is 9.59 Å². The van der Waals surface area contributed by atoms with Gasteiger partial charge in [-0.25, -0.2) is 0 Å². The lowest BCUT2D eigenvalue weighted by atomic mass is 10.1. The molecule has 22 heavy (non-hydrogen) atoms. The van der Waals surface area contributed by atoms with E-state index in [0.29, 0.717) is 22.2 Å². The lowest BCUT2D eigenvalue weighted by Crippen LogP contribution is -2.29. The number of benzene rings is 2. The molecule has 0 fully saturated rings. The molecule has 0 aliphatic carbocycles. The highest BCUT2D eigenvalue weighted by Gasteiger charge is 2.35. The van der Waals surface area contributed by atoms with Crippen LogP contribution in [0.3, 0.4) is 0 Å². The van der Waals surface area contributed by atoms with E-state index in [0.717, 1.165) is 11.1 Å². The first-order valence-corrected chi connectivity index (χ1v) is 7.95. The third kappa shape index (κ3) is 2.31. The number of hydrogen-bond acceptors (Lipinski definition) is 3. The van der Waals surface area contributed by atoms with Crippen LogP contribution < -0.4 is 4.74 Å². The van der Waals surface area contributed by atoms with Crippen molar-refractivity contribution < 1.29 is 14.3 Å². The van der Waals surface area contributed by atoms with Gasteiger partial charge < -0.3 is 4.74 Å². The van der Waals surface area contributed by atoms with Gasteiger partial charge >= 0.3 is 0 Å². The Bertz CT molecular complexity index is 700. The van der Waals surface area contributed by atoms with Crippen molar-refractivity contribution in [1.82, 2.24) is 4.90 Å². The molecule has 112 valence electrons. The summed E-state index contributed by atoms with van der Waals surface area (Å²) in [5.41, 5.74) is 2.76. The van der Waals surface area contributed by atoms with E-state index in [1.54, 1.807) is 31.4 Å². The first-order valence-electron chi connectivity index (χ1n) is 6.83. The van der Waals surface area contributed by atoms with Gasteiger partial charge in [0.05, 0.1) is 24.8 Å². The van der Waals surface area contributed by atoms with Crippen LogP contribution in [0.5, 0.6) is 5.75 Å². The minimum atomic E-state index is -0.257. The van der Waals surface area contributed by atoms with Gasteiger partial charge in [-0.05, 0) is 23.8 Å². The molecule has 0 spiro atoms. The average molecular weight is 360 g/mol. The molecule has 0 aromatic heterocycles. The van der Waals surface area contributed by atoms with E-state index in [2.05, 4.69) is 15.9 Å². The van der Waals surface area contributed by atoms with Gasteiger partial charge in [0.25, 0.3) is 11.8 Å². The van der Waals surface area contributed by atoms with Gasteiger partial charge in [-0.2, -0.15) is 0 Å². The molecule has 2 amide bonds. The zero-order valence-corrected chi connectivity index (χ0v) is 13.6. The molecule has 2 aromatic rings. The normalized spacial score (nSPS) is 13.5. The number of carbonyl (C=O) groups excluding carboxylic acids is 2. The monoisotopic (exact) mass is 359 g/mol. The third-order valence-electron chi connectivity index (χ3n) is 3.79. The summed E-state index contributed by atoms with van der Waals surface area (Å²) >= 11 is 3.44. The molecule has 1 aliphatic heterocycles. The number of amides is 2. The lowest BCUT2D eigenvalue weighted by Gasteiger charge is -2.18. The summed E-state index contributed by atoms with van der Waals surface area (Å²) < 4.78 is 5.38. The van der Waals surface area contributed by atoms with Crippen molar-refractivity contribution in [2.24, 2.45) is 0 Å². The number of carbonyl (C=O) groups is 2. The Hall–Kier alpha value is -2.14. The van der Waals surface area contributed by atoms with E-state index >= 15 is 0 Å². The molecule has 0 saturated heterocycles. The summed E-state index contributed by atoms with van der Waals surface area (Å²) in [5, 5.41) is 0.628. The van der Waals surface area contributed by atoms with Crippen molar-refractivity contribution in [3.05, 3.63) is 64.7 Å². The third-order valence-corrected chi connectivity index (χ3v) is 4.39. The van der Waals surface area contributed by atoms with Crippen molar-refractivity contribution in [3.8, 4) is 5.75 Å². The Balaban J connectivity index is 1.99. The lowest BCUT2D eigenvalue weighted by molar-refractivity contribution is 0.0641. The minimum Gasteiger partial charge on any atom is -0.496 e. The second kappa shape index (κ2) is 5.93. The largest absolute Gasteiger partial charge is 0.496 e. The maximum Gasteiger partial charge on any atom is 0.261 e. The van der Waals surface area contributed by atoms with Gasteiger partial charge in [0.1, 0.15) is 5.75 Å². The molecule has 1 heterocycles. The number of nitrogens with zero attached hydrogens (tertiary/aromatic N) is 1. The average Bonchev–Trinajstić information content (AvgIpc) is 2.80. The number of alkyl halides is 1. The van der Waals surface area contributed by atoms with E-state index in [4.69, 9.17) is 4.74 Å². The summed E-state index contributed by atoms with van der Waals surface area (Å²) in [4.78, 5) is 26.2. The molecule has 2 aromatic carbocycles. The number of rotatable bonds is 4. The summed E-state index contributed by atoms with van der Waals surface area (Å²) in [6.45, 7) is 0.206. The minimum absolute atomic E-state index is 0.206. The molecule has 4 nitrogen and oxygen atoms in total. The van der Waals surface area contributed by atoms with Crippen LogP contribution in [0, 0.1) is 0 Å².